The molecule has 4 nitrogen and oxygen atoms in total. The Bertz CT molecular complexity index is 301. The molecule has 0 atom stereocenters. The van der Waals surface area contributed by atoms with Gasteiger partial charge in [0.1, 0.15) is 0 Å². The molecule has 1 aromatic rings. The van der Waals surface area contributed by atoms with Crippen molar-refractivity contribution in [1.29, 1.82) is 0 Å². The highest BCUT2D eigenvalue weighted by Gasteiger charge is 2.07. The summed E-state index contributed by atoms with van der Waals surface area (Å²) in [6.07, 6.45) is 3.43. The van der Waals surface area contributed by atoms with Gasteiger partial charge in [-0.2, -0.15) is 0 Å². The molecule has 0 spiro atoms. The van der Waals surface area contributed by atoms with Gasteiger partial charge >= 0.3 is 0 Å². The van der Waals surface area contributed by atoms with Crippen molar-refractivity contribution in [1.82, 2.24) is 4.98 Å². The average molecular weight is 193 g/mol. The first-order chi connectivity index (χ1) is 6.79. The van der Waals surface area contributed by atoms with Crippen LogP contribution in [0.1, 0.15) is 0 Å². The van der Waals surface area contributed by atoms with Gasteiger partial charge in [-0.25, -0.2) is 4.98 Å². The number of hydrogen-bond donors (Lipinski definition) is 2. The minimum absolute atomic E-state index is 0.0733. The van der Waals surface area contributed by atoms with Crippen molar-refractivity contribution >= 4 is 11.5 Å². The fourth-order valence-electron chi connectivity index (χ4n) is 1.23. The predicted octanol–water partition coefficient (Wildman–Crippen LogP) is 0.648. The van der Waals surface area contributed by atoms with Crippen LogP contribution in [-0.2, 0) is 0 Å². The number of rotatable bonds is 5. The number of nitrogens with zero attached hydrogens (tertiary/aromatic N) is 2. The first-order valence-electron chi connectivity index (χ1n) is 4.46. The van der Waals surface area contributed by atoms with E-state index in [1.807, 2.05) is 4.90 Å². The molecule has 0 fully saturated rings. The molecule has 0 radical (unpaired) electrons. The van der Waals surface area contributed by atoms with Crippen molar-refractivity contribution in [2.24, 2.45) is 0 Å². The molecule has 3 N–H and O–H groups in total. The van der Waals surface area contributed by atoms with Crippen LogP contribution in [0.15, 0.2) is 31.0 Å². The summed E-state index contributed by atoms with van der Waals surface area (Å²) in [4.78, 5) is 6.04. The normalized spacial score (nSPS) is 9.79. The first kappa shape index (κ1) is 10.5. The molecule has 4 heteroatoms. The van der Waals surface area contributed by atoms with E-state index in [2.05, 4.69) is 11.6 Å². The van der Waals surface area contributed by atoms with E-state index < -0.39 is 0 Å². The Kier molecular flexibility index (Phi) is 3.94. The molecule has 0 aliphatic heterocycles. The summed E-state index contributed by atoms with van der Waals surface area (Å²) < 4.78 is 0. The van der Waals surface area contributed by atoms with E-state index in [0.717, 1.165) is 0 Å². The zero-order chi connectivity index (χ0) is 10.4. The molecule has 14 heavy (non-hydrogen) atoms. The summed E-state index contributed by atoms with van der Waals surface area (Å²) in [6.45, 7) is 4.85. The molecule has 1 aromatic heterocycles. The van der Waals surface area contributed by atoms with Crippen LogP contribution in [0.4, 0.5) is 11.5 Å². The van der Waals surface area contributed by atoms with Crippen LogP contribution >= 0.6 is 0 Å². The predicted molar refractivity (Wildman–Crippen MR) is 58.1 cm³/mol. The van der Waals surface area contributed by atoms with Gasteiger partial charge in [-0.1, -0.05) is 6.08 Å². The Labute approximate surface area is 83.7 Å². The average Bonchev–Trinajstić information content (AvgIpc) is 2.18. The van der Waals surface area contributed by atoms with E-state index in [9.17, 15) is 0 Å². The highest BCUT2D eigenvalue weighted by atomic mass is 16.3. The number of nitrogens with two attached hydrogens (primary N) is 1. The van der Waals surface area contributed by atoms with Crippen LogP contribution < -0.4 is 10.6 Å². The lowest BCUT2D eigenvalue weighted by atomic mass is 10.3. The minimum atomic E-state index is 0.0733. The third-order valence-corrected chi connectivity index (χ3v) is 1.84. The SMILES string of the molecule is C=CCN(CCO)c1ncccc1N. The fourth-order valence-corrected chi connectivity index (χ4v) is 1.23. The van der Waals surface area contributed by atoms with Gasteiger partial charge in [-0.05, 0) is 12.1 Å². The summed E-state index contributed by atoms with van der Waals surface area (Å²) >= 11 is 0. The van der Waals surface area contributed by atoms with Crippen LogP contribution in [0.2, 0.25) is 0 Å². The molecule has 0 aromatic carbocycles. The van der Waals surface area contributed by atoms with Crippen LogP contribution in [0.5, 0.6) is 0 Å². The molecule has 0 saturated heterocycles. The van der Waals surface area contributed by atoms with E-state index in [1.165, 1.54) is 0 Å². The number of aliphatic hydroxyl groups is 1. The second-order valence-corrected chi connectivity index (χ2v) is 2.87. The Hall–Kier alpha value is -1.55. The van der Waals surface area contributed by atoms with Crippen LogP contribution in [0, 0.1) is 0 Å². The molecule has 0 aliphatic carbocycles. The monoisotopic (exact) mass is 193 g/mol. The van der Waals surface area contributed by atoms with Gasteiger partial charge in [-0.3, -0.25) is 0 Å². The van der Waals surface area contributed by atoms with Gasteiger partial charge in [0.15, 0.2) is 5.82 Å². The Morgan fingerprint density at radius 3 is 3.00 bits per heavy atom. The molecular weight excluding hydrogens is 178 g/mol. The summed E-state index contributed by atoms with van der Waals surface area (Å²) in [5.74, 6) is 0.696. The third kappa shape index (κ3) is 2.47. The topological polar surface area (TPSA) is 62.4 Å². The lowest BCUT2D eigenvalue weighted by Crippen LogP contribution is -2.28. The number of nitrogen functional groups attached to an aromatic ring is 1. The van der Waals surface area contributed by atoms with Crippen molar-refractivity contribution in [3.8, 4) is 0 Å². The van der Waals surface area contributed by atoms with Gasteiger partial charge in [0.05, 0.1) is 12.3 Å². The summed E-state index contributed by atoms with van der Waals surface area (Å²) in [6, 6.07) is 3.57. The number of anilines is 2. The maximum atomic E-state index is 8.87. The lowest BCUT2D eigenvalue weighted by molar-refractivity contribution is 0.302. The van der Waals surface area contributed by atoms with Crippen molar-refractivity contribution in [3.63, 3.8) is 0 Å². The van der Waals surface area contributed by atoms with Gasteiger partial charge in [0.2, 0.25) is 0 Å². The van der Waals surface area contributed by atoms with Gasteiger partial charge < -0.3 is 15.7 Å². The third-order valence-electron chi connectivity index (χ3n) is 1.84. The molecule has 0 unspecified atom stereocenters. The molecule has 1 heterocycles. The number of hydrogen-bond acceptors (Lipinski definition) is 4. The van der Waals surface area contributed by atoms with Crippen LogP contribution in [0.3, 0.4) is 0 Å². The van der Waals surface area contributed by atoms with E-state index in [4.69, 9.17) is 10.8 Å². The summed E-state index contributed by atoms with van der Waals surface area (Å²) in [7, 11) is 0. The first-order valence-corrected chi connectivity index (χ1v) is 4.46. The van der Waals surface area contributed by atoms with Crippen LogP contribution in [-0.4, -0.2) is 29.8 Å². The number of pyridine rings is 1. The van der Waals surface area contributed by atoms with Gasteiger partial charge in [0.25, 0.3) is 0 Å². The highest BCUT2D eigenvalue weighted by molar-refractivity contribution is 5.62. The second kappa shape index (κ2) is 5.24. The second-order valence-electron chi connectivity index (χ2n) is 2.87. The van der Waals surface area contributed by atoms with Crippen LogP contribution in [0.25, 0.3) is 0 Å². The number of aromatic nitrogens is 1. The smallest absolute Gasteiger partial charge is 0.152 e. The van der Waals surface area contributed by atoms with Crippen molar-refractivity contribution < 1.29 is 5.11 Å². The molecule has 0 saturated carbocycles. The largest absolute Gasteiger partial charge is 0.396 e. The molecular formula is C10H15N3O. The van der Waals surface area contributed by atoms with E-state index in [-0.39, 0.29) is 6.61 Å². The number of aliphatic hydroxyl groups excluding tert-OH is 1. The van der Waals surface area contributed by atoms with E-state index in [0.29, 0.717) is 24.6 Å². The molecule has 1 rings (SSSR count). The summed E-state index contributed by atoms with van der Waals surface area (Å²) in [5.41, 5.74) is 6.38. The summed E-state index contributed by atoms with van der Waals surface area (Å²) in [5, 5.41) is 8.87. The van der Waals surface area contributed by atoms with Gasteiger partial charge in [0, 0.05) is 19.3 Å². The fraction of sp³-hybridized carbons (Fsp3) is 0.300. The molecule has 76 valence electrons. The van der Waals surface area contributed by atoms with Crippen molar-refractivity contribution in [3.05, 3.63) is 31.0 Å². The zero-order valence-corrected chi connectivity index (χ0v) is 8.06. The zero-order valence-electron chi connectivity index (χ0n) is 8.06. The Balaban J connectivity index is 2.86. The standard InChI is InChI=1S/C10H15N3O/c1-2-6-13(7-8-14)10-9(11)4-3-5-12-10/h2-5,14H,1,6-8,11H2. The van der Waals surface area contributed by atoms with E-state index in [1.54, 1.807) is 24.4 Å². The quantitative estimate of drug-likeness (QED) is 0.674. The Morgan fingerprint density at radius 1 is 1.64 bits per heavy atom. The van der Waals surface area contributed by atoms with Gasteiger partial charge in [-0.15, -0.1) is 6.58 Å². The maximum Gasteiger partial charge on any atom is 0.152 e. The highest BCUT2D eigenvalue weighted by Crippen LogP contribution is 2.18. The maximum absolute atomic E-state index is 8.87. The molecule has 0 amide bonds. The lowest BCUT2D eigenvalue weighted by Gasteiger charge is -2.22. The van der Waals surface area contributed by atoms with Crippen molar-refractivity contribution in [2.45, 2.75) is 0 Å². The molecule has 0 bridgehead atoms. The minimum Gasteiger partial charge on any atom is -0.396 e. The van der Waals surface area contributed by atoms with E-state index >= 15 is 0 Å². The Morgan fingerprint density at radius 2 is 2.43 bits per heavy atom. The molecule has 0 aliphatic rings. The van der Waals surface area contributed by atoms with Crippen molar-refractivity contribution in [2.75, 3.05) is 30.3 Å².